The first-order valence-electron chi connectivity index (χ1n) is 4.25. The van der Waals surface area contributed by atoms with Gasteiger partial charge in [0.25, 0.3) is 0 Å². The molecule has 0 saturated heterocycles. The van der Waals surface area contributed by atoms with Crippen LogP contribution in [0.4, 0.5) is 0 Å². The van der Waals surface area contributed by atoms with E-state index in [9.17, 15) is 4.79 Å². The van der Waals surface area contributed by atoms with Gasteiger partial charge in [0, 0.05) is 5.54 Å². The van der Waals surface area contributed by atoms with Gasteiger partial charge in [-0.2, -0.15) is 0 Å². The van der Waals surface area contributed by atoms with Gasteiger partial charge in [0.05, 0.1) is 6.04 Å². The van der Waals surface area contributed by atoms with Crippen LogP contribution in [0.3, 0.4) is 0 Å². The zero-order valence-electron chi connectivity index (χ0n) is 7.98. The van der Waals surface area contributed by atoms with Gasteiger partial charge in [-0.05, 0) is 27.2 Å². The summed E-state index contributed by atoms with van der Waals surface area (Å²) in [6.45, 7) is 8.27. The van der Waals surface area contributed by atoms with Crippen LogP contribution in [0.1, 0.15) is 40.5 Å². The summed E-state index contributed by atoms with van der Waals surface area (Å²) in [5.74, 6) is 0. The molecule has 0 aliphatic heterocycles. The average Bonchev–Trinajstić information content (AvgIpc) is 1.86. The summed E-state index contributed by atoms with van der Waals surface area (Å²) in [5, 5.41) is 3.24. The molecule has 0 aromatic rings. The molecule has 1 atom stereocenters. The monoisotopic (exact) mass is 157 g/mol. The lowest BCUT2D eigenvalue weighted by Crippen LogP contribution is -2.45. The van der Waals surface area contributed by atoms with Crippen molar-refractivity contribution in [2.75, 3.05) is 0 Å². The number of nitrogens with one attached hydrogen (secondary N) is 1. The second-order valence-electron chi connectivity index (χ2n) is 3.70. The predicted octanol–water partition coefficient (Wildman–Crippen LogP) is 1.74. The molecule has 2 nitrogen and oxygen atoms in total. The number of carbonyl (C=O) groups is 1. The Hall–Kier alpha value is -0.370. The first-order chi connectivity index (χ1) is 5.02. The maximum Gasteiger partial charge on any atom is 0.136 e. The Labute approximate surface area is 69.4 Å². The van der Waals surface area contributed by atoms with Crippen molar-refractivity contribution >= 4 is 6.29 Å². The van der Waals surface area contributed by atoms with E-state index in [4.69, 9.17) is 0 Å². The molecule has 66 valence electrons. The lowest BCUT2D eigenvalue weighted by Gasteiger charge is -2.27. The van der Waals surface area contributed by atoms with Gasteiger partial charge >= 0.3 is 0 Å². The fourth-order valence-corrected chi connectivity index (χ4v) is 1.35. The predicted molar refractivity (Wildman–Crippen MR) is 47.6 cm³/mol. The van der Waals surface area contributed by atoms with Gasteiger partial charge in [-0.25, -0.2) is 0 Å². The third-order valence-corrected chi connectivity index (χ3v) is 1.70. The molecule has 0 bridgehead atoms. The van der Waals surface area contributed by atoms with Gasteiger partial charge in [-0.1, -0.05) is 13.3 Å². The van der Waals surface area contributed by atoms with E-state index in [-0.39, 0.29) is 11.6 Å². The normalized spacial score (nSPS) is 14.5. The number of aldehydes is 1. The first-order valence-corrected chi connectivity index (χ1v) is 4.25. The molecule has 0 rings (SSSR count). The molecule has 0 fully saturated rings. The minimum Gasteiger partial charge on any atom is -0.303 e. The van der Waals surface area contributed by atoms with Crippen LogP contribution in [-0.4, -0.2) is 17.9 Å². The van der Waals surface area contributed by atoms with Crippen molar-refractivity contribution in [3.05, 3.63) is 0 Å². The maximum absolute atomic E-state index is 10.3. The van der Waals surface area contributed by atoms with Crippen LogP contribution in [0.25, 0.3) is 0 Å². The van der Waals surface area contributed by atoms with Gasteiger partial charge in [0.15, 0.2) is 0 Å². The lowest BCUT2D eigenvalue weighted by atomic mass is 9.98. The van der Waals surface area contributed by atoms with Crippen molar-refractivity contribution in [3.8, 4) is 0 Å². The van der Waals surface area contributed by atoms with E-state index in [0.717, 1.165) is 19.1 Å². The SMILES string of the molecule is CCCC(C)(C)NC(C)C=O. The molecule has 0 amide bonds. The quantitative estimate of drug-likeness (QED) is 0.616. The molecule has 0 heterocycles. The smallest absolute Gasteiger partial charge is 0.136 e. The van der Waals surface area contributed by atoms with E-state index in [2.05, 4.69) is 26.1 Å². The van der Waals surface area contributed by atoms with Crippen LogP contribution in [0, 0.1) is 0 Å². The van der Waals surface area contributed by atoms with E-state index in [1.54, 1.807) is 0 Å². The Kier molecular flexibility index (Phi) is 4.34. The van der Waals surface area contributed by atoms with Crippen LogP contribution < -0.4 is 5.32 Å². The van der Waals surface area contributed by atoms with Crippen molar-refractivity contribution in [1.82, 2.24) is 5.32 Å². The number of carbonyl (C=O) groups excluding carboxylic acids is 1. The molecule has 0 saturated carbocycles. The Morgan fingerprint density at radius 1 is 1.55 bits per heavy atom. The van der Waals surface area contributed by atoms with Gasteiger partial charge in [0.1, 0.15) is 6.29 Å². The highest BCUT2D eigenvalue weighted by Crippen LogP contribution is 2.10. The third-order valence-electron chi connectivity index (χ3n) is 1.70. The van der Waals surface area contributed by atoms with Crippen LogP contribution >= 0.6 is 0 Å². The summed E-state index contributed by atoms with van der Waals surface area (Å²) < 4.78 is 0. The van der Waals surface area contributed by atoms with E-state index in [1.807, 2.05) is 6.92 Å². The second kappa shape index (κ2) is 4.50. The molecule has 0 aromatic carbocycles. The van der Waals surface area contributed by atoms with Crippen molar-refractivity contribution < 1.29 is 4.79 Å². The molecule has 0 aliphatic carbocycles. The highest BCUT2D eigenvalue weighted by Gasteiger charge is 2.17. The molecule has 0 spiro atoms. The van der Waals surface area contributed by atoms with Crippen LogP contribution in [0.15, 0.2) is 0 Å². The van der Waals surface area contributed by atoms with Gasteiger partial charge in [-0.3, -0.25) is 0 Å². The van der Waals surface area contributed by atoms with Crippen molar-refractivity contribution in [2.24, 2.45) is 0 Å². The lowest BCUT2D eigenvalue weighted by molar-refractivity contribution is -0.109. The molecular weight excluding hydrogens is 138 g/mol. The zero-order chi connectivity index (χ0) is 8.91. The molecule has 1 N–H and O–H groups in total. The Morgan fingerprint density at radius 3 is 2.45 bits per heavy atom. The van der Waals surface area contributed by atoms with Crippen LogP contribution in [-0.2, 0) is 4.79 Å². The van der Waals surface area contributed by atoms with E-state index in [0.29, 0.717) is 0 Å². The highest BCUT2D eigenvalue weighted by atomic mass is 16.1. The summed E-state index contributed by atoms with van der Waals surface area (Å²) in [4.78, 5) is 10.3. The summed E-state index contributed by atoms with van der Waals surface area (Å²) in [6.07, 6.45) is 3.19. The average molecular weight is 157 g/mol. The van der Waals surface area contributed by atoms with Gasteiger partial charge in [-0.15, -0.1) is 0 Å². The number of hydrogen-bond donors (Lipinski definition) is 1. The van der Waals surface area contributed by atoms with E-state index >= 15 is 0 Å². The highest BCUT2D eigenvalue weighted by molar-refractivity contribution is 5.56. The maximum atomic E-state index is 10.3. The van der Waals surface area contributed by atoms with Gasteiger partial charge in [0.2, 0.25) is 0 Å². The largest absolute Gasteiger partial charge is 0.303 e. The topological polar surface area (TPSA) is 29.1 Å². The number of rotatable bonds is 5. The first kappa shape index (κ1) is 10.6. The zero-order valence-corrected chi connectivity index (χ0v) is 7.98. The molecule has 0 aromatic heterocycles. The van der Waals surface area contributed by atoms with Crippen molar-refractivity contribution in [2.45, 2.75) is 52.1 Å². The fourth-order valence-electron chi connectivity index (χ4n) is 1.35. The fraction of sp³-hybridized carbons (Fsp3) is 0.889. The minimum absolute atomic E-state index is 0.0310. The van der Waals surface area contributed by atoms with Crippen LogP contribution in [0.5, 0.6) is 0 Å². The molecule has 11 heavy (non-hydrogen) atoms. The van der Waals surface area contributed by atoms with Crippen molar-refractivity contribution in [1.29, 1.82) is 0 Å². The van der Waals surface area contributed by atoms with Crippen LogP contribution in [0.2, 0.25) is 0 Å². The summed E-state index contributed by atoms with van der Waals surface area (Å²) in [7, 11) is 0. The third kappa shape index (κ3) is 4.96. The standard InChI is InChI=1S/C9H19NO/c1-5-6-9(3,4)10-8(2)7-11/h7-8,10H,5-6H2,1-4H3. The molecule has 0 aliphatic rings. The van der Waals surface area contributed by atoms with E-state index < -0.39 is 0 Å². The molecule has 1 unspecified atom stereocenters. The molecule has 0 radical (unpaired) electrons. The number of hydrogen-bond acceptors (Lipinski definition) is 2. The van der Waals surface area contributed by atoms with Gasteiger partial charge < -0.3 is 10.1 Å². The Bertz CT molecular complexity index is 121. The Morgan fingerprint density at radius 2 is 2.09 bits per heavy atom. The minimum atomic E-state index is -0.0310. The Balaban J connectivity index is 3.79. The summed E-state index contributed by atoms with van der Waals surface area (Å²) in [5.41, 5.74) is 0.0923. The summed E-state index contributed by atoms with van der Waals surface area (Å²) in [6, 6.07) is -0.0310. The van der Waals surface area contributed by atoms with E-state index in [1.165, 1.54) is 0 Å². The molecular formula is C9H19NO. The summed E-state index contributed by atoms with van der Waals surface area (Å²) >= 11 is 0. The van der Waals surface area contributed by atoms with Crippen molar-refractivity contribution in [3.63, 3.8) is 0 Å². The second-order valence-corrected chi connectivity index (χ2v) is 3.70. The molecule has 2 heteroatoms.